The van der Waals surface area contributed by atoms with Crippen LogP contribution in [-0.4, -0.2) is 27.4 Å². The maximum Gasteiger partial charge on any atom is 0.234 e. The number of carbonyl (C=O) groups is 1. The molecular weight excluding hydrogens is 320 g/mol. The zero-order valence-corrected chi connectivity index (χ0v) is 14.2. The predicted octanol–water partition coefficient (Wildman–Crippen LogP) is 3.52. The Labute approximate surface area is 145 Å². The van der Waals surface area contributed by atoms with E-state index < -0.39 is 0 Å². The lowest BCUT2D eigenvalue weighted by Crippen LogP contribution is -2.15. The van der Waals surface area contributed by atoms with Gasteiger partial charge in [0.05, 0.1) is 17.2 Å². The molecule has 1 N–H and O–H groups in total. The smallest absolute Gasteiger partial charge is 0.234 e. The van der Waals surface area contributed by atoms with Gasteiger partial charge in [0.2, 0.25) is 5.91 Å². The molecule has 122 valence electrons. The van der Waals surface area contributed by atoms with E-state index in [-0.39, 0.29) is 5.91 Å². The van der Waals surface area contributed by atoms with Crippen LogP contribution in [0.1, 0.15) is 24.6 Å². The Balaban J connectivity index is 1.46. The highest BCUT2D eigenvalue weighted by Gasteiger charge is 2.16. The molecule has 1 aliphatic heterocycles. The number of anilines is 1. The van der Waals surface area contributed by atoms with Crippen molar-refractivity contribution in [3.63, 3.8) is 0 Å². The number of nitrogens with zero attached hydrogens (tertiary/aromatic N) is 3. The number of nitrogens with one attached hydrogen (secondary N) is 1. The number of aryl methyl sites for hydroxylation is 1. The summed E-state index contributed by atoms with van der Waals surface area (Å²) >= 11 is 1.41. The average Bonchev–Trinajstić information content (AvgIpc) is 3.10. The molecule has 0 saturated heterocycles. The van der Waals surface area contributed by atoms with Crippen LogP contribution < -0.4 is 5.32 Å². The van der Waals surface area contributed by atoms with E-state index in [0.29, 0.717) is 12.2 Å². The maximum absolute atomic E-state index is 12.0. The van der Waals surface area contributed by atoms with Crippen LogP contribution >= 0.6 is 11.8 Å². The summed E-state index contributed by atoms with van der Waals surface area (Å²) in [6.07, 6.45) is 3.35. The molecule has 2 aromatic rings. The summed E-state index contributed by atoms with van der Waals surface area (Å²) in [4.78, 5) is 16.3. The average molecular weight is 338 g/mol. The van der Waals surface area contributed by atoms with Gasteiger partial charge < -0.3 is 5.32 Å². The molecule has 5 nitrogen and oxygen atoms in total. The van der Waals surface area contributed by atoms with Crippen molar-refractivity contribution in [2.24, 2.45) is 10.2 Å². The second-order valence-electron chi connectivity index (χ2n) is 5.32. The molecule has 0 radical (unpaired) electrons. The number of amides is 1. The molecule has 0 fully saturated rings. The maximum atomic E-state index is 12.0. The van der Waals surface area contributed by atoms with Crippen LogP contribution in [-0.2, 0) is 11.2 Å². The first-order chi connectivity index (χ1) is 11.7. The van der Waals surface area contributed by atoms with Crippen molar-refractivity contribution in [1.29, 1.82) is 0 Å². The van der Waals surface area contributed by atoms with Crippen LogP contribution in [0.4, 0.5) is 5.69 Å². The Morgan fingerprint density at radius 1 is 1.17 bits per heavy atom. The lowest BCUT2D eigenvalue weighted by atomic mass is 10.1. The Bertz CT molecular complexity index is 769. The quantitative estimate of drug-likeness (QED) is 0.907. The van der Waals surface area contributed by atoms with Crippen molar-refractivity contribution in [1.82, 2.24) is 4.98 Å². The predicted molar refractivity (Wildman–Crippen MR) is 99.7 cm³/mol. The molecule has 1 aliphatic rings. The number of benzene rings is 1. The van der Waals surface area contributed by atoms with E-state index in [9.17, 15) is 4.79 Å². The summed E-state index contributed by atoms with van der Waals surface area (Å²) in [5, 5.41) is 12.0. The van der Waals surface area contributed by atoms with Crippen LogP contribution in [0.5, 0.6) is 0 Å². The lowest BCUT2D eigenvalue weighted by molar-refractivity contribution is -0.113. The third kappa shape index (κ3) is 4.29. The largest absolute Gasteiger partial charge is 0.325 e. The topological polar surface area (TPSA) is 66.7 Å². The number of hydrogen-bond acceptors (Lipinski definition) is 5. The Morgan fingerprint density at radius 2 is 2.00 bits per heavy atom. The van der Waals surface area contributed by atoms with Gasteiger partial charge in [-0.05, 0) is 36.2 Å². The zero-order chi connectivity index (χ0) is 16.8. The number of hydrogen-bond donors (Lipinski definition) is 1. The summed E-state index contributed by atoms with van der Waals surface area (Å²) in [5.74, 6) is 0.276. The minimum atomic E-state index is -0.0433. The number of carbonyl (C=O) groups excluding carboxylic acids is 1. The molecule has 6 heteroatoms. The van der Waals surface area contributed by atoms with Crippen LogP contribution in [0.15, 0.2) is 58.9 Å². The molecule has 1 amide bonds. The van der Waals surface area contributed by atoms with Gasteiger partial charge in [-0.15, -0.1) is 5.10 Å². The highest BCUT2D eigenvalue weighted by Crippen LogP contribution is 2.18. The third-order valence-corrected chi connectivity index (χ3v) is 4.54. The fraction of sp³-hybridized carbons (Fsp3) is 0.222. The molecule has 0 spiro atoms. The monoisotopic (exact) mass is 338 g/mol. The van der Waals surface area contributed by atoms with Gasteiger partial charge >= 0.3 is 0 Å². The minimum absolute atomic E-state index is 0.0433. The zero-order valence-electron chi connectivity index (χ0n) is 13.4. The number of rotatable bonds is 5. The van der Waals surface area contributed by atoms with Crippen LogP contribution in [0.3, 0.4) is 0 Å². The number of thioether (sulfide) groups is 1. The van der Waals surface area contributed by atoms with E-state index in [2.05, 4.69) is 27.4 Å². The van der Waals surface area contributed by atoms with Gasteiger partial charge in [-0.25, -0.2) is 0 Å². The highest BCUT2D eigenvalue weighted by molar-refractivity contribution is 8.14. The van der Waals surface area contributed by atoms with Crippen molar-refractivity contribution in [2.75, 3.05) is 11.1 Å². The molecule has 2 heterocycles. The van der Waals surface area contributed by atoms with E-state index in [0.717, 1.165) is 28.6 Å². The molecule has 24 heavy (non-hydrogen) atoms. The first kappa shape index (κ1) is 16.4. The molecule has 0 saturated carbocycles. The van der Waals surface area contributed by atoms with Gasteiger partial charge in [0.25, 0.3) is 0 Å². The first-order valence-corrected chi connectivity index (χ1v) is 8.79. The van der Waals surface area contributed by atoms with Crippen LogP contribution in [0.2, 0.25) is 0 Å². The molecule has 0 atom stereocenters. The Morgan fingerprint density at radius 3 is 2.71 bits per heavy atom. The Hall–Kier alpha value is -2.47. The van der Waals surface area contributed by atoms with E-state index in [4.69, 9.17) is 0 Å². The number of pyridine rings is 1. The van der Waals surface area contributed by atoms with Crippen LogP contribution in [0, 0.1) is 0 Å². The summed E-state index contributed by atoms with van der Waals surface area (Å²) in [6, 6.07) is 13.6. The summed E-state index contributed by atoms with van der Waals surface area (Å²) in [6.45, 7) is 2.11. The van der Waals surface area contributed by atoms with E-state index in [1.54, 1.807) is 6.20 Å². The molecule has 1 aromatic heterocycles. The highest BCUT2D eigenvalue weighted by atomic mass is 32.2. The third-order valence-electron chi connectivity index (χ3n) is 3.58. The first-order valence-electron chi connectivity index (χ1n) is 7.81. The molecule has 0 aliphatic carbocycles. The van der Waals surface area contributed by atoms with E-state index >= 15 is 0 Å². The van der Waals surface area contributed by atoms with E-state index in [1.807, 2.05) is 42.5 Å². The number of aromatic nitrogens is 1. The fourth-order valence-electron chi connectivity index (χ4n) is 2.25. The van der Waals surface area contributed by atoms with Crippen LogP contribution in [0.25, 0.3) is 0 Å². The van der Waals surface area contributed by atoms with Crippen molar-refractivity contribution < 1.29 is 4.79 Å². The summed E-state index contributed by atoms with van der Waals surface area (Å²) in [7, 11) is 0. The van der Waals surface area contributed by atoms with E-state index in [1.165, 1.54) is 17.3 Å². The van der Waals surface area contributed by atoms with Gasteiger partial charge in [-0.3, -0.25) is 9.78 Å². The van der Waals surface area contributed by atoms with Crippen molar-refractivity contribution in [2.45, 2.75) is 19.8 Å². The Kier molecular flexibility index (Phi) is 5.38. The van der Waals surface area contributed by atoms with Gasteiger partial charge in [0.15, 0.2) is 0 Å². The summed E-state index contributed by atoms with van der Waals surface area (Å²) < 4.78 is 0. The lowest BCUT2D eigenvalue weighted by Gasteiger charge is -2.06. The fourth-order valence-corrected chi connectivity index (χ4v) is 2.96. The standard InChI is InChI=1S/C18H18N4OS/c1-2-13-6-8-14(9-7-13)20-17(23)12-24-18-11-16(21-22-18)15-5-3-4-10-19-15/h3-10H,2,11-12H2,1H3,(H,20,23). The van der Waals surface area contributed by atoms with Gasteiger partial charge in [0, 0.05) is 18.3 Å². The minimum Gasteiger partial charge on any atom is -0.325 e. The normalized spacial score (nSPS) is 13.4. The molecular formula is C18H18N4OS. The molecule has 3 rings (SSSR count). The second kappa shape index (κ2) is 7.88. The second-order valence-corrected chi connectivity index (χ2v) is 6.37. The van der Waals surface area contributed by atoms with Crippen molar-refractivity contribution in [3.05, 3.63) is 59.9 Å². The van der Waals surface area contributed by atoms with Crippen molar-refractivity contribution >= 4 is 34.1 Å². The summed E-state index contributed by atoms with van der Waals surface area (Å²) in [5.41, 5.74) is 3.74. The van der Waals surface area contributed by atoms with Gasteiger partial charge in [-0.2, -0.15) is 5.10 Å². The molecule has 0 unspecified atom stereocenters. The molecule has 0 bridgehead atoms. The van der Waals surface area contributed by atoms with Gasteiger partial charge in [0.1, 0.15) is 5.04 Å². The molecule has 1 aromatic carbocycles. The SMILES string of the molecule is CCc1ccc(NC(=O)CSC2=NN=C(c3ccccn3)C2)cc1. The van der Waals surface area contributed by atoms with Gasteiger partial charge in [-0.1, -0.05) is 36.9 Å². The van der Waals surface area contributed by atoms with Crippen molar-refractivity contribution in [3.8, 4) is 0 Å².